The van der Waals surface area contributed by atoms with E-state index in [1.807, 2.05) is 18.2 Å². The van der Waals surface area contributed by atoms with Crippen LogP contribution in [0, 0.1) is 0 Å². The summed E-state index contributed by atoms with van der Waals surface area (Å²) < 4.78 is 5.04. The van der Waals surface area contributed by atoms with Gasteiger partial charge in [0.05, 0.1) is 0 Å². The van der Waals surface area contributed by atoms with E-state index in [1.165, 1.54) is 0 Å². The molecule has 1 heterocycles. The Bertz CT molecular complexity index is 499. The van der Waals surface area contributed by atoms with E-state index < -0.39 is 24.0 Å². The van der Waals surface area contributed by atoms with Crippen molar-refractivity contribution in [2.45, 2.75) is 25.5 Å². The summed E-state index contributed by atoms with van der Waals surface area (Å²) in [6.07, 6.45) is -1.18. The fourth-order valence-corrected chi connectivity index (χ4v) is 1.97. The number of nitrogens with zero attached hydrogens (tertiary/aromatic N) is 1. The Morgan fingerprint density at radius 3 is 2.63 bits per heavy atom. The highest BCUT2D eigenvalue weighted by atomic mass is 16.5. The molecule has 19 heavy (non-hydrogen) atoms. The minimum Gasteiger partial charge on any atom is -0.465 e. The molecule has 6 heteroatoms. The van der Waals surface area contributed by atoms with Gasteiger partial charge in [0.15, 0.2) is 0 Å². The zero-order valence-corrected chi connectivity index (χ0v) is 10.1. The number of likely N-dealkylation sites (tertiary alicyclic amines) is 1. The minimum absolute atomic E-state index is 0.0530. The molecule has 1 aromatic carbocycles. The molecule has 0 saturated carbocycles. The molecule has 1 atom stereocenters. The lowest BCUT2D eigenvalue weighted by atomic mass is 10.2. The zero-order valence-electron chi connectivity index (χ0n) is 10.1. The van der Waals surface area contributed by atoms with Gasteiger partial charge in [-0.15, -0.1) is 0 Å². The number of carboxylic acid groups (broad SMARTS) is 1. The lowest BCUT2D eigenvalue weighted by Crippen LogP contribution is -2.42. The third kappa shape index (κ3) is 2.90. The van der Waals surface area contributed by atoms with Gasteiger partial charge in [0.2, 0.25) is 5.91 Å². The molecular formula is C13H13NO5. The molecule has 0 aliphatic carbocycles. The maximum absolute atomic E-state index is 11.8. The monoisotopic (exact) mass is 263 g/mol. The van der Waals surface area contributed by atoms with Crippen molar-refractivity contribution in [1.82, 2.24) is 4.90 Å². The van der Waals surface area contributed by atoms with Gasteiger partial charge in [0.25, 0.3) is 0 Å². The highest BCUT2D eigenvalue weighted by Crippen LogP contribution is 2.20. The van der Waals surface area contributed by atoms with Gasteiger partial charge in [0, 0.05) is 6.42 Å². The quantitative estimate of drug-likeness (QED) is 0.833. The van der Waals surface area contributed by atoms with E-state index in [2.05, 4.69) is 0 Å². The molecule has 1 saturated heterocycles. The van der Waals surface area contributed by atoms with E-state index in [4.69, 9.17) is 9.84 Å². The van der Waals surface area contributed by atoms with E-state index >= 15 is 0 Å². The summed E-state index contributed by atoms with van der Waals surface area (Å²) in [6, 6.07) is 8.03. The van der Waals surface area contributed by atoms with Crippen molar-refractivity contribution in [3.63, 3.8) is 0 Å². The molecule has 2 rings (SSSR count). The Balaban J connectivity index is 1.96. The van der Waals surface area contributed by atoms with E-state index in [9.17, 15) is 14.4 Å². The lowest BCUT2D eigenvalue weighted by molar-refractivity contribution is -0.151. The Hall–Kier alpha value is -2.37. The van der Waals surface area contributed by atoms with Crippen LogP contribution in [0.5, 0.6) is 0 Å². The number of esters is 1. The molecule has 0 unspecified atom stereocenters. The van der Waals surface area contributed by atoms with Crippen LogP contribution in [-0.4, -0.2) is 34.0 Å². The predicted octanol–water partition coefficient (Wildman–Crippen LogP) is 1.40. The molecule has 0 aromatic heterocycles. The van der Waals surface area contributed by atoms with Crippen molar-refractivity contribution in [3.05, 3.63) is 35.9 Å². The van der Waals surface area contributed by atoms with E-state index in [0.29, 0.717) is 4.90 Å². The number of carbonyl (C=O) groups excluding carboxylic acids is 2. The summed E-state index contributed by atoms with van der Waals surface area (Å²) in [4.78, 5) is 34.6. The van der Waals surface area contributed by atoms with Crippen molar-refractivity contribution in [1.29, 1.82) is 0 Å². The maximum Gasteiger partial charge on any atom is 0.414 e. The van der Waals surface area contributed by atoms with Gasteiger partial charge in [-0.25, -0.2) is 14.5 Å². The molecule has 0 spiro atoms. The number of rotatable bonds is 3. The number of benzene rings is 1. The van der Waals surface area contributed by atoms with Gasteiger partial charge in [-0.2, -0.15) is 0 Å². The summed E-state index contributed by atoms with van der Waals surface area (Å²) in [7, 11) is 0. The van der Waals surface area contributed by atoms with Crippen LogP contribution in [0.25, 0.3) is 0 Å². The van der Waals surface area contributed by atoms with Gasteiger partial charge < -0.3 is 9.84 Å². The molecule has 1 aliphatic rings. The smallest absolute Gasteiger partial charge is 0.414 e. The highest BCUT2D eigenvalue weighted by molar-refractivity contribution is 5.98. The summed E-state index contributed by atoms with van der Waals surface area (Å²) in [5, 5.41) is 8.89. The van der Waals surface area contributed by atoms with E-state index in [-0.39, 0.29) is 19.4 Å². The molecule has 100 valence electrons. The predicted molar refractivity (Wildman–Crippen MR) is 64.1 cm³/mol. The van der Waals surface area contributed by atoms with Gasteiger partial charge in [-0.3, -0.25) is 4.79 Å². The number of amides is 2. The molecule has 2 amide bonds. The Morgan fingerprint density at radius 2 is 2.00 bits per heavy atom. The van der Waals surface area contributed by atoms with E-state index in [1.54, 1.807) is 12.1 Å². The Morgan fingerprint density at radius 1 is 1.32 bits per heavy atom. The molecule has 0 bridgehead atoms. The number of hydrogen-bond acceptors (Lipinski definition) is 4. The van der Waals surface area contributed by atoms with Crippen molar-refractivity contribution in [3.8, 4) is 0 Å². The molecular weight excluding hydrogens is 250 g/mol. The summed E-state index contributed by atoms with van der Waals surface area (Å²) >= 11 is 0. The molecule has 1 N–H and O–H groups in total. The molecule has 1 fully saturated rings. The summed E-state index contributed by atoms with van der Waals surface area (Å²) in [5.74, 6) is -1.24. The van der Waals surface area contributed by atoms with Crippen LogP contribution in [0.15, 0.2) is 30.3 Å². The van der Waals surface area contributed by atoms with Crippen LogP contribution in [0.4, 0.5) is 4.79 Å². The summed E-state index contributed by atoms with van der Waals surface area (Å²) in [5.41, 5.74) is 0.807. The van der Waals surface area contributed by atoms with Crippen LogP contribution >= 0.6 is 0 Å². The number of imide groups is 1. The first-order valence-electron chi connectivity index (χ1n) is 5.85. The van der Waals surface area contributed by atoms with Crippen molar-refractivity contribution >= 4 is 18.0 Å². The summed E-state index contributed by atoms with van der Waals surface area (Å²) in [6.45, 7) is 0.0673. The minimum atomic E-state index is -1.41. The fraction of sp³-hybridized carbons (Fsp3) is 0.308. The first kappa shape index (κ1) is 13.1. The molecule has 1 aromatic rings. The second kappa shape index (κ2) is 5.51. The van der Waals surface area contributed by atoms with Crippen LogP contribution in [-0.2, 0) is 20.9 Å². The topological polar surface area (TPSA) is 83.9 Å². The maximum atomic E-state index is 11.8. The molecule has 0 radical (unpaired) electrons. The van der Waals surface area contributed by atoms with Crippen molar-refractivity contribution in [2.24, 2.45) is 0 Å². The Kier molecular flexibility index (Phi) is 3.79. The van der Waals surface area contributed by atoms with Crippen molar-refractivity contribution in [2.75, 3.05) is 0 Å². The van der Waals surface area contributed by atoms with Gasteiger partial charge in [-0.05, 0) is 12.0 Å². The van der Waals surface area contributed by atoms with Crippen molar-refractivity contribution < 1.29 is 24.2 Å². The molecule has 6 nitrogen and oxygen atoms in total. The van der Waals surface area contributed by atoms with Gasteiger partial charge in [-0.1, -0.05) is 30.3 Å². The number of ether oxygens (including phenoxy) is 1. The third-order valence-corrected chi connectivity index (χ3v) is 2.91. The highest BCUT2D eigenvalue weighted by Gasteiger charge is 2.41. The second-order valence-corrected chi connectivity index (χ2v) is 4.19. The number of hydrogen-bond donors (Lipinski definition) is 1. The first-order valence-corrected chi connectivity index (χ1v) is 5.85. The van der Waals surface area contributed by atoms with Crippen LogP contribution in [0.3, 0.4) is 0 Å². The molecule has 1 aliphatic heterocycles. The first-order chi connectivity index (χ1) is 9.09. The third-order valence-electron chi connectivity index (χ3n) is 2.91. The zero-order chi connectivity index (χ0) is 13.8. The number of carbonyl (C=O) groups is 3. The normalized spacial score (nSPS) is 18.4. The second-order valence-electron chi connectivity index (χ2n) is 4.19. The average Bonchev–Trinajstić information content (AvgIpc) is 2.79. The SMILES string of the molecule is O=C(OCc1ccccc1)[C@@H]1CCC(=O)N1C(=O)O. The standard InChI is InChI=1S/C13H13NO5/c15-11-7-6-10(14(11)13(17)18)12(16)19-8-9-4-2-1-3-5-9/h1-5,10H,6-8H2,(H,17,18)/t10-/m0/s1. The fourth-order valence-electron chi connectivity index (χ4n) is 1.97. The van der Waals surface area contributed by atoms with Crippen LogP contribution in [0.2, 0.25) is 0 Å². The van der Waals surface area contributed by atoms with E-state index in [0.717, 1.165) is 5.56 Å². The average molecular weight is 263 g/mol. The Labute approximate surface area is 109 Å². The lowest BCUT2D eigenvalue weighted by Gasteiger charge is -2.18. The van der Waals surface area contributed by atoms with Gasteiger partial charge >= 0.3 is 12.1 Å². The van der Waals surface area contributed by atoms with Crippen LogP contribution < -0.4 is 0 Å². The van der Waals surface area contributed by atoms with Gasteiger partial charge in [0.1, 0.15) is 12.6 Å². The van der Waals surface area contributed by atoms with Crippen LogP contribution in [0.1, 0.15) is 18.4 Å². The largest absolute Gasteiger partial charge is 0.465 e.